The average Bonchev–Trinajstić information content (AvgIpc) is 1.93. The van der Waals surface area contributed by atoms with Crippen LogP contribution < -0.4 is 0 Å². The molecular weight excluding hydrogens is 379 g/mol. The third-order valence-electron chi connectivity index (χ3n) is 1.50. The van der Waals surface area contributed by atoms with Crippen LogP contribution in [-0.4, -0.2) is 101 Å². The van der Waals surface area contributed by atoms with Crippen molar-refractivity contribution in [3.63, 3.8) is 0 Å². The van der Waals surface area contributed by atoms with E-state index in [2.05, 4.69) is 27.7 Å². The van der Waals surface area contributed by atoms with Crippen LogP contribution in [0, 0.1) is 0 Å². The van der Waals surface area contributed by atoms with Crippen LogP contribution >= 0.6 is 0 Å². The predicted octanol–water partition coefficient (Wildman–Crippen LogP) is 1.84. The van der Waals surface area contributed by atoms with Crippen LogP contribution in [0.5, 0.6) is 0 Å². The summed E-state index contributed by atoms with van der Waals surface area (Å²) in [4.78, 5) is 0. The largest absolute Gasteiger partial charge is 0 e. The van der Waals surface area contributed by atoms with Crippen LogP contribution in [0.1, 0.15) is 27.7 Å². The molecule has 0 atom stereocenters. The van der Waals surface area contributed by atoms with Crippen molar-refractivity contribution < 1.29 is 0 Å². The first-order valence-electron chi connectivity index (χ1n) is 4.39. The standard InChI is InChI=1S/4C2H5.2Na.2Sn.2H/c4*1-2;;;;;;/h4*1H2,2H3;;;;;;. The maximum Gasteiger partial charge on any atom is 0 e. The zero-order chi connectivity index (χ0) is 8.41. The van der Waals surface area contributed by atoms with Gasteiger partial charge in [-0.15, -0.1) is 0 Å². The predicted molar refractivity (Wildman–Crippen MR) is 67.7 cm³/mol. The van der Waals surface area contributed by atoms with Gasteiger partial charge in [-0.1, -0.05) is 0 Å². The summed E-state index contributed by atoms with van der Waals surface area (Å²) < 4.78 is 6.07. The van der Waals surface area contributed by atoms with Gasteiger partial charge < -0.3 is 0 Å². The van der Waals surface area contributed by atoms with Crippen molar-refractivity contribution in [2.75, 3.05) is 0 Å². The van der Waals surface area contributed by atoms with Crippen molar-refractivity contribution in [3.05, 3.63) is 0 Å². The number of hydrogen-bond acceptors (Lipinski definition) is 0. The van der Waals surface area contributed by atoms with Crippen LogP contribution in [-0.2, 0) is 0 Å². The molecule has 4 radical (unpaired) electrons. The summed E-state index contributed by atoms with van der Waals surface area (Å²) in [6.45, 7) is 9.25. The molecule has 0 aliphatic carbocycles. The summed E-state index contributed by atoms with van der Waals surface area (Å²) in [5, 5.41) is 0. The number of hydrogen-bond donors (Lipinski definition) is 0. The summed E-state index contributed by atoms with van der Waals surface area (Å²) in [5.74, 6) is 0. The monoisotopic (exact) mass is 404 g/mol. The van der Waals surface area contributed by atoms with Crippen LogP contribution in [0.4, 0.5) is 0 Å². The molecule has 0 bridgehead atoms. The van der Waals surface area contributed by atoms with Gasteiger partial charge in [0.05, 0.1) is 0 Å². The van der Waals surface area contributed by atoms with Gasteiger partial charge in [-0.05, 0) is 0 Å². The molecule has 0 fully saturated rings. The second-order valence-electron chi connectivity index (χ2n) is 2.31. The smallest absolute Gasteiger partial charge is 0 e. The van der Waals surface area contributed by atoms with Gasteiger partial charge in [0, 0.05) is 59.1 Å². The first-order chi connectivity index (χ1) is 4.76. The Labute approximate surface area is 144 Å². The molecule has 0 aliphatic heterocycles. The molecule has 0 heterocycles. The van der Waals surface area contributed by atoms with Crippen molar-refractivity contribution in [1.82, 2.24) is 0 Å². The Morgan fingerprint density at radius 1 is 0.833 bits per heavy atom. The molecule has 64 valence electrons. The Kier molecular flexibility index (Phi) is 49.5. The van der Waals surface area contributed by atoms with Crippen molar-refractivity contribution in [2.24, 2.45) is 0 Å². The molecule has 0 saturated heterocycles. The molecule has 0 unspecified atom stereocenters. The third kappa shape index (κ3) is 23.4. The molecule has 0 rings (SSSR count). The second-order valence-corrected chi connectivity index (χ2v) is 15.5. The van der Waals surface area contributed by atoms with Gasteiger partial charge in [0.15, 0.2) is 0 Å². The first-order valence-corrected chi connectivity index (χ1v) is 13.3. The molecule has 4 heteroatoms. The van der Waals surface area contributed by atoms with Crippen LogP contribution in [0.2, 0.25) is 17.7 Å². The molecule has 0 aromatic carbocycles. The molecule has 0 amide bonds. The van der Waals surface area contributed by atoms with Gasteiger partial charge in [0.1, 0.15) is 0 Å². The Morgan fingerprint density at radius 2 is 1.00 bits per heavy atom. The minimum Gasteiger partial charge on any atom is 0 e. The minimum absolute atomic E-state index is 0. The SMILES string of the molecule is C[CH2][SnH2].C[CH2][Sn]([CH2]C)[CH2]C.[Na].[Na]. The normalized spacial score (nSPS) is 7.50. The maximum atomic E-state index is 2.35. The topological polar surface area (TPSA) is 0 Å². The van der Waals surface area contributed by atoms with E-state index < -0.39 is 19.8 Å². The fourth-order valence-corrected chi connectivity index (χ4v) is 5.03. The fraction of sp³-hybridized carbons (Fsp3) is 1.00. The van der Waals surface area contributed by atoms with Crippen LogP contribution in [0.3, 0.4) is 0 Å². The average molecular weight is 402 g/mol. The Bertz CT molecular complexity index is 44.8. The third-order valence-corrected chi connectivity index (χ3v) is 10.1. The molecular formula is C8H22Na2Sn2. The maximum absolute atomic E-state index is 2.35. The van der Waals surface area contributed by atoms with Crippen LogP contribution in [0.15, 0.2) is 0 Å². The van der Waals surface area contributed by atoms with Gasteiger partial charge in [-0.3, -0.25) is 0 Å². The summed E-state index contributed by atoms with van der Waals surface area (Å²) in [5.41, 5.74) is 0. The van der Waals surface area contributed by atoms with Crippen molar-refractivity contribution >= 4 is 101 Å². The van der Waals surface area contributed by atoms with Crippen molar-refractivity contribution in [1.29, 1.82) is 0 Å². The molecule has 12 heavy (non-hydrogen) atoms. The molecule has 0 aromatic rings. The number of rotatable bonds is 3. The van der Waals surface area contributed by atoms with E-state index in [0.29, 0.717) is 0 Å². The van der Waals surface area contributed by atoms with Gasteiger partial charge >= 0.3 is 87.7 Å². The summed E-state index contributed by atoms with van der Waals surface area (Å²) in [6.07, 6.45) is 0. The van der Waals surface area contributed by atoms with Crippen molar-refractivity contribution in [2.45, 2.75) is 45.4 Å². The molecule has 0 nitrogen and oxygen atoms in total. The summed E-state index contributed by atoms with van der Waals surface area (Å²) >= 11 is 0.547. The Balaban J connectivity index is -0.0000000569. The molecule has 0 spiro atoms. The quantitative estimate of drug-likeness (QED) is 0.633. The molecule has 0 aromatic heterocycles. The van der Waals surface area contributed by atoms with E-state index in [-0.39, 0.29) is 59.1 Å². The van der Waals surface area contributed by atoms with Gasteiger partial charge in [-0.25, -0.2) is 0 Å². The zero-order valence-electron chi connectivity index (χ0n) is 10.0. The Morgan fingerprint density at radius 3 is 1.00 bits per heavy atom. The van der Waals surface area contributed by atoms with E-state index in [4.69, 9.17) is 0 Å². The van der Waals surface area contributed by atoms with E-state index in [1.165, 1.54) is 27.0 Å². The zero-order valence-corrected chi connectivity index (χ0v) is 20.9. The first kappa shape index (κ1) is 24.7. The summed E-state index contributed by atoms with van der Waals surface area (Å²) in [7, 11) is 0. The van der Waals surface area contributed by atoms with E-state index in [9.17, 15) is 0 Å². The summed E-state index contributed by atoms with van der Waals surface area (Å²) in [6, 6.07) is 0. The van der Waals surface area contributed by atoms with E-state index in [0.717, 1.165) is 0 Å². The van der Waals surface area contributed by atoms with Crippen molar-refractivity contribution in [3.8, 4) is 0 Å². The molecule has 0 saturated carbocycles. The Hall–Kier alpha value is 3.60. The van der Waals surface area contributed by atoms with Crippen LogP contribution in [0.25, 0.3) is 0 Å². The van der Waals surface area contributed by atoms with E-state index >= 15 is 0 Å². The van der Waals surface area contributed by atoms with E-state index in [1.54, 1.807) is 13.3 Å². The molecule has 0 aliphatic rings. The van der Waals surface area contributed by atoms with Gasteiger partial charge in [-0.2, -0.15) is 0 Å². The molecule has 0 N–H and O–H groups in total. The second kappa shape index (κ2) is 24.0. The van der Waals surface area contributed by atoms with E-state index in [1.807, 2.05) is 0 Å². The minimum atomic E-state index is -0.653. The van der Waals surface area contributed by atoms with Gasteiger partial charge in [0.25, 0.3) is 0 Å². The van der Waals surface area contributed by atoms with Gasteiger partial charge in [0.2, 0.25) is 0 Å². The fourth-order valence-electron chi connectivity index (χ4n) is 0.750.